The van der Waals surface area contributed by atoms with E-state index in [1.807, 2.05) is 84.9 Å². The molecule has 1 aliphatic rings. The Labute approximate surface area is 220 Å². The van der Waals surface area contributed by atoms with Crippen LogP contribution < -0.4 is 20.1 Å². The number of hydrogen-bond donors (Lipinski definition) is 2. The Bertz CT molecular complexity index is 1380. The fourth-order valence-corrected chi connectivity index (χ4v) is 5.08. The quantitative estimate of drug-likeness (QED) is 0.280. The highest BCUT2D eigenvalue weighted by molar-refractivity contribution is 8.00. The monoisotopic (exact) mass is 510 g/mol. The zero-order valence-electron chi connectivity index (χ0n) is 20.1. The van der Waals surface area contributed by atoms with Gasteiger partial charge in [-0.2, -0.15) is 0 Å². The summed E-state index contributed by atoms with van der Waals surface area (Å²) in [6, 6.07) is 32.2. The molecule has 0 fully saturated rings. The van der Waals surface area contributed by atoms with E-state index in [0.29, 0.717) is 42.5 Å². The lowest BCUT2D eigenvalue weighted by Gasteiger charge is -2.20. The molecule has 2 N–H and O–H groups in total. The smallest absolute Gasteiger partial charge is 0.242 e. The average molecular weight is 511 g/mol. The lowest BCUT2D eigenvalue weighted by molar-refractivity contribution is -0.116. The molecule has 0 radical (unpaired) electrons. The molecule has 2 amide bonds. The number of carbonyl (C=O) groups is 2. The van der Waals surface area contributed by atoms with Gasteiger partial charge in [-0.25, -0.2) is 0 Å². The first-order chi connectivity index (χ1) is 18.1. The summed E-state index contributed by atoms with van der Waals surface area (Å²) in [4.78, 5) is 26.9. The molecule has 4 aromatic rings. The van der Waals surface area contributed by atoms with Crippen molar-refractivity contribution in [2.75, 3.05) is 23.8 Å². The molecular formula is C30H26N2O4S. The molecule has 7 heteroatoms. The van der Waals surface area contributed by atoms with Crippen molar-refractivity contribution in [3.8, 4) is 11.5 Å². The molecule has 1 unspecified atom stereocenters. The van der Waals surface area contributed by atoms with E-state index in [2.05, 4.69) is 10.6 Å². The number of ether oxygens (including phenoxy) is 2. The molecule has 1 atom stereocenters. The van der Waals surface area contributed by atoms with Gasteiger partial charge >= 0.3 is 0 Å². The van der Waals surface area contributed by atoms with E-state index >= 15 is 0 Å². The zero-order valence-corrected chi connectivity index (χ0v) is 20.9. The summed E-state index contributed by atoms with van der Waals surface area (Å²) in [5.41, 5.74) is 3.15. The Balaban J connectivity index is 1.31. The highest BCUT2D eigenvalue weighted by Crippen LogP contribution is 2.38. The summed E-state index contributed by atoms with van der Waals surface area (Å²) >= 11 is 1.42. The number of nitrogens with one attached hydrogen (secondary N) is 2. The van der Waals surface area contributed by atoms with Crippen molar-refractivity contribution in [3.05, 3.63) is 114 Å². The molecule has 186 valence electrons. The van der Waals surface area contributed by atoms with Crippen molar-refractivity contribution in [2.45, 2.75) is 16.6 Å². The maximum Gasteiger partial charge on any atom is 0.242 e. The van der Waals surface area contributed by atoms with Crippen molar-refractivity contribution < 1.29 is 19.1 Å². The van der Waals surface area contributed by atoms with E-state index in [1.165, 1.54) is 11.8 Å². The van der Waals surface area contributed by atoms with Crippen LogP contribution in [-0.2, 0) is 16.0 Å². The van der Waals surface area contributed by atoms with Crippen LogP contribution in [0, 0.1) is 0 Å². The first kappa shape index (κ1) is 24.5. The Morgan fingerprint density at radius 1 is 0.730 bits per heavy atom. The van der Waals surface area contributed by atoms with Gasteiger partial charge in [-0.1, -0.05) is 66.7 Å². The van der Waals surface area contributed by atoms with Gasteiger partial charge in [0.05, 0.1) is 6.42 Å². The van der Waals surface area contributed by atoms with Gasteiger partial charge in [-0.15, -0.1) is 11.8 Å². The van der Waals surface area contributed by atoms with Crippen LogP contribution in [0.3, 0.4) is 0 Å². The Hall–Kier alpha value is -4.23. The Kier molecular flexibility index (Phi) is 7.72. The molecule has 1 aliphatic heterocycles. The van der Waals surface area contributed by atoms with Crippen molar-refractivity contribution >= 4 is 35.0 Å². The van der Waals surface area contributed by atoms with E-state index < -0.39 is 5.25 Å². The van der Waals surface area contributed by atoms with Crippen molar-refractivity contribution in [1.29, 1.82) is 0 Å². The minimum absolute atomic E-state index is 0.0932. The number of benzene rings is 4. The molecule has 0 aliphatic carbocycles. The Morgan fingerprint density at radius 3 is 2.22 bits per heavy atom. The number of thioether (sulfide) groups is 1. The van der Waals surface area contributed by atoms with E-state index in [4.69, 9.17) is 9.47 Å². The average Bonchev–Trinajstić information content (AvgIpc) is 2.93. The van der Waals surface area contributed by atoms with Gasteiger partial charge in [0, 0.05) is 22.3 Å². The van der Waals surface area contributed by atoms with E-state index in [1.54, 1.807) is 18.2 Å². The van der Waals surface area contributed by atoms with Crippen LogP contribution >= 0.6 is 11.8 Å². The molecule has 1 heterocycles. The third kappa shape index (κ3) is 6.51. The van der Waals surface area contributed by atoms with Gasteiger partial charge in [-0.05, 0) is 41.5 Å². The van der Waals surface area contributed by atoms with Crippen LogP contribution in [0.25, 0.3) is 0 Å². The van der Waals surface area contributed by atoms with Crippen LogP contribution in [0.15, 0.2) is 108 Å². The number of hydrogen-bond acceptors (Lipinski definition) is 5. The second kappa shape index (κ2) is 11.7. The van der Waals surface area contributed by atoms with Gasteiger partial charge in [0.1, 0.15) is 18.5 Å². The minimum atomic E-state index is -0.510. The fraction of sp³-hybridized carbons (Fsp3) is 0.133. The van der Waals surface area contributed by atoms with Crippen LogP contribution in [0.5, 0.6) is 11.5 Å². The molecule has 0 saturated heterocycles. The first-order valence-corrected chi connectivity index (χ1v) is 12.9. The summed E-state index contributed by atoms with van der Waals surface area (Å²) in [7, 11) is 0. The van der Waals surface area contributed by atoms with E-state index in [-0.39, 0.29) is 11.8 Å². The molecule has 5 rings (SSSR count). The topological polar surface area (TPSA) is 76.7 Å². The molecule has 6 nitrogen and oxygen atoms in total. The molecule has 37 heavy (non-hydrogen) atoms. The largest absolute Gasteiger partial charge is 0.486 e. The summed E-state index contributed by atoms with van der Waals surface area (Å²) < 4.78 is 11.2. The molecule has 4 aromatic carbocycles. The van der Waals surface area contributed by atoms with Crippen LogP contribution in [0.1, 0.15) is 16.4 Å². The third-order valence-electron chi connectivity index (χ3n) is 5.73. The van der Waals surface area contributed by atoms with Crippen LogP contribution in [0.4, 0.5) is 11.4 Å². The Morgan fingerprint density at radius 2 is 1.43 bits per heavy atom. The zero-order chi connectivity index (χ0) is 25.5. The maximum absolute atomic E-state index is 13.5. The van der Waals surface area contributed by atoms with Gasteiger partial charge in [0.2, 0.25) is 11.8 Å². The number of amides is 2. The molecule has 0 aromatic heterocycles. The van der Waals surface area contributed by atoms with Gasteiger partial charge < -0.3 is 20.1 Å². The molecule has 0 spiro atoms. The lowest BCUT2D eigenvalue weighted by Crippen LogP contribution is -2.20. The standard InChI is InChI=1S/C30H26N2O4S/c33-28(18-21-8-3-1-4-9-21)31-23-12-7-13-25(19-23)37-29(22-10-5-2-6-11-22)30(34)32-24-14-15-26-27(20-24)36-17-16-35-26/h1-15,19-20,29H,16-18H2,(H,31,33)(H,32,34). The minimum Gasteiger partial charge on any atom is -0.486 e. The van der Waals surface area contributed by atoms with Crippen molar-refractivity contribution in [3.63, 3.8) is 0 Å². The number of anilines is 2. The number of carbonyl (C=O) groups excluding carboxylic acids is 2. The summed E-state index contributed by atoms with van der Waals surface area (Å²) in [5.74, 6) is 1.03. The fourth-order valence-electron chi connectivity index (χ4n) is 4.00. The second-order valence-electron chi connectivity index (χ2n) is 8.49. The van der Waals surface area contributed by atoms with Gasteiger partial charge in [0.15, 0.2) is 11.5 Å². The molecular weight excluding hydrogens is 484 g/mol. The highest BCUT2D eigenvalue weighted by atomic mass is 32.2. The lowest BCUT2D eigenvalue weighted by atomic mass is 10.1. The predicted molar refractivity (Wildman–Crippen MR) is 146 cm³/mol. The van der Waals surface area contributed by atoms with E-state index in [9.17, 15) is 9.59 Å². The summed E-state index contributed by atoms with van der Waals surface area (Å²) in [6.07, 6.45) is 0.294. The highest BCUT2D eigenvalue weighted by Gasteiger charge is 2.23. The summed E-state index contributed by atoms with van der Waals surface area (Å²) in [6.45, 7) is 0.988. The van der Waals surface area contributed by atoms with Gasteiger partial charge in [-0.3, -0.25) is 9.59 Å². The molecule has 0 saturated carbocycles. The molecule has 0 bridgehead atoms. The van der Waals surface area contributed by atoms with Crippen molar-refractivity contribution in [2.24, 2.45) is 0 Å². The van der Waals surface area contributed by atoms with Crippen molar-refractivity contribution in [1.82, 2.24) is 0 Å². The van der Waals surface area contributed by atoms with Crippen LogP contribution in [-0.4, -0.2) is 25.0 Å². The number of fused-ring (bicyclic) bond motifs is 1. The summed E-state index contributed by atoms with van der Waals surface area (Å²) in [5, 5.41) is 5.47. The third-order valence-corrected chi connectivity index (χ3v) is 6.98. The SMILES string of the molecule is O=C(Cc1ccccc1)Nc1cccc(SC(C(=O)Nc2ccc3c(c2)OCCO3)c2ccccc2)c1. The maximum atomic E-state index is 13.5. The van der Waals surface area contributed by atoms with Crippen LogP contribution in [0.2, 0.25) is 0 Å². The van der Waals surface area contributed by atoms with Gasteiger partial charge in [0.25, 0.3) is 0 Å². The van der Waals surface area contributed by atoms with E-state index in [0.717, 1.165) is 16.0 Å². The predicted octanol–water partition coefficient (Wildman–Crippen LogP) is 6.11. The second-order valence-corrected chi connectivity index (χ2v) is 9.67. The number of rotatable bonds is 8. The first-order valence-electron chi connectivity index (χ1n) is 12.0. The normalized spacial score (nSPS) is 12.9.